The summed E-state index contributed by atoms with van der Waals surface area (Å²) in [5, 5.41) is 8.41. The third-order valence-electron chi connectivity index (χ3n) is 2.60. The van der Waals surface area contributed by atoms with Crippen molar-refractivity contribution in [1.29, 1.82) is 0 Å². The van der Waals surface area contributed by atoms with Gasteiger partial charge in [-0.25, -0.2) is 4.39 Å². The standard InChI is InChI=1S/C12H13ClFN3/c1-2-17-8-9(15-16-17)6-7-10-11(13)4-3-5-12(10)14/h3-5,8H,2,6-7H2,1H3. The number of halogens is 2. The molecule has 3 nitrogen and oxygen atoms in total. The van der Waals surface area contributed by atoms with Gasteiger partial charge in [-0.15, -0.1) is 5.10 Å². The van der Waals surface area contributed by atoms with E-state index >= 15 is 0 Å². The molecule has 1 aromatic carbocycles. The molecule has 5 heteroatoms. The first-order valence-electron chi connectivity index (χ1n) is 5.52. The lowest BCUT2D eigenvalue weighted by Crippen LogP contribution is -1.96. The Kier molecular flexibility index (Phi) is 3.74. The van der Waals surface area contributed by atoms with Crippen LogP contribution in [-0.4, -0.2) is 15.0 Å². The van der Waals surface area contributed by atoms with Gasteiger partial charge in [0.2, 0.25) is 0 Å². The second-order valence-corrected chi connectivity index (χ2v) is 4.17. The zero-order chi connectivity index (χ0) is 12.3. The van der Waals surface area contributed by atoms with Gasteiger partial charge in [-0.05, 0) is 31.9 Å². The summed E-state index contributed by atoms with van der Waals surface area (Å²) in [5.74, 6) is -0.264. The highest BCUT2D eigenvalue weighted by Gasteiger charge is 2.08. The van der Waals surface area contributed by atoms with E-state index in [1.165, 1.54) is 6.07 Å². The lowest BCUT2D eigenvalue weighted by Gasteiger charge is -2.03. The fraction of sp³-hybridized carbons (Fsp3) is 0.333. The Bertz CT molecular complexity index is 490. The molecule has 90 valence electrons. The zero-order valence-corrected chi connectivity index (χ0v) is 10.3. The number of hydrogen-bond donors (Lipinski definition) is 0. The van der Waals surface area contributed by atoms with Gasteiger partial charge < -0.3 is 0 Å². The average Bonchev–Trinajstić information content (AvgIpc) is 2.76. The van der Waals surface area contributed by atoms with Crippen molar-refractivity contribution in [2.75, 3.05) is 0 Å². The third kappa shape index (κ3) is 2.82. The molecule has 2 rings (SSSR count). The second kappa shape index (κ2) is 5.27. The lowest BCUT2D eigenvalue weighted by atomic mass is 10.1. The van der Waals surface area contributed by atoms with Crippen LogP contribution in [0.15, 0.2) is 24.4 Å². The predicted molar refractivity (Wildman–Crippen MR) is 64.5 cm³/mol. The highest BCUT2D eigenvalue weighted by molar-refractivity contribution is 6.31. The summed E-state index contributed by atoms with van der Waals surface area (Å²) in [7, 11) is 0. The molecule has 0 amide bonds. The molecule has 0 atom stereocenters. The molecule has 0 aliphatic rings. The number of hydrogen-bond acceptors (Lipinski definition) is 2. The molecule has 0 aliphatic heterocycles. The van der Waals surface area contributed by atoms with E-state index in [0.29, 0.717) is 23.4 Å². The van der Waals surface area contributed by atoms with Gasteiger partial charge in [0.05, 0.1) is 5.69 Å². The monoisotopic (exact) mass is 253 g/mol. The molecular weight excluding hydrogens is 241 g/mol. The molecule has 0 radical (unpaired) electrons. The Hall–Kier alpha value is -1.42. The fourth-order valence-corrected chi connectivity index (χ4v) is 1.89. The summed E-state index contributed by atoms with van der Waals surface area (Å²) in [6.45, 7) is 2.78. The van der Waals surface area contributed by atoms with Crippen LogP contribution in [0.25, 0.3) is 0 Å². The van der Waals surface area contributed by atoms with Crippen LogP contribution in [0.5, 0.6) is 0 Å². The van der Waals surface area contributed by atoms with Crippen molar-refractivity contribution in [2.45, 2.75) is 26.3 Å². The summed E-state index contributed by atoms with van der Waals surface area (Å²) >= 11 is 5.95. The Balaban J connectivity index is 2.07. The largest absolute Gasteiger partial charge is 0.253 e. The molecule has 0 saturated heterocycles. The first-order chi connectivity index (χ1) is 8.20. The van der Waals surface area contributed by atoms with Crippen molar-refractivity contribution in [3.05, 3.63) is 46.5 Å². The van der Waals surface area contributed by atoms with Gasteiger partial charge in [-0.1, -0.05) is 22.9 Å². The van der Waals surface area contributed by atoms with Crippen LogP contribution < -0.4 is 0 Å². The molecule has 1 aromatic heterocycles. The summed E-state index contributed by atoms with van der Waals surface area (Å²) < 4.78 is 15.2. The summed E-state index contributed by atoms with van der Waals surface area (Å²) in [4.78, 5) is 0. The smallest absolute Gasteiger partial charge is 0.127 e. The van der Waals surface area contributed by atoms with Crippen molar-refractivity contribution < 1.29 is 4.39 Å². The van der Waals surface area contributed by atoms with Crippen molar-refractivity contribution in [3.8, 4) is 0 Å². The first-order valence-corrected chi connectivity index (χ1v) is 5.90. The maximum Gasteiger partial charge on any atom is 0.127 e. The molecule has 0 N–H and O–H groups in total. The maximum atomic E-state index is 13.5. The van der Waals surface area contributed by atoms with Crippen LogP contribution in [0.2, 0.25) is 5.02 Å². The minimum atomic E-state index is -0.264. The SMILES string of the molecule is CCn1cc(CCc2c(F)cccc2Cl)nn1. The number of benzene rings is 1. The Morgan fingerprint density at radius 3 is 2.82 bits per heavy atom. The van der Waals surface area contributed by atoms with Gasteiger partial charge in [-0.3, -0.25) is 4.68 Å². The normalized spacial score (nSPS) is 10.8. The molecule has 0 unspecified atom stereocenters. The van der Waals surface area contributed by atoms with Crippen LogP contribution in [-0.2, 0) is 19.4 Å². The minimum absolute atomic E-state index is 0.264. The van der Waals surface area contributed by atoms with Crippen molar-refractivity contribution >= 4 is 11.6 Å². The second-order valence-electron chi connectivity index (χ2n) is 3.77. The van der Waals surface area contributed by atoms with Crippen LogP contribution in [0, 0.1) is 5.82 Å². The minimum Gasteiger partial charge on any atom is -0.253 e. The highest BCUT2D eigenvalue weighted by Crippen LogP contribution is 2.20. The van der Waals surface area contributed by atoms with E-state index in [9.17, 15) is 4.39 Å². The fourth-order valence-electron chi connectivity index (χ4n) is 1.63. The summed E-state index contributed by atoms with van der Waals surface area (Å²) in [6.07, 6.45) is 3.04. The molecule has 17 heavy (non-hydrogen) atoms. The van der Waals surface area contributed by atoms with Gasteiger partial charge in [0.25, 0.3) is 0 Å². The molecule has 1 heterocycles. The zero-order valence-electron chi connectivity index (χ0n) is 9.53. The van der Waals surface area contributed by atoms with E-state index in [1.54, 1.807) is 16.8 Å². The van der Waals surface area contributed by atoms with E-state index in [0.717, 1.165) is 12.2 Å². The van der Waals surface area contributed by atoms with E-state index in [1.807, 2.05) is 13.1 Å². The maximum absolute atomic E-state index is 13.5. The van der Waals surface area contributed by atoms with Gasteiger partial charge in [-0.2, -0.15) is 0 Å². The first kappa shape index (κ1) is 12.0. The van der Waals surface area contributed by atoms with E-state index in [-0.39, 0.29) is 5.82 Å². The lowest BCUT2D eigenvalue weighted by molar-refractivity contribution is 0.608. The van der Waals surface area contributed by atoms with Gasteiger partial charge in [0, 0.05) is 23.3 Å². The van der Waals surface area contributed by atoms with Crippen LogP contribution in [0.3, 0.4) is 0 Å². The molecule has 0 aliphatic carbocycles. The molecule has 0 saturated carbocycles. The van der Waals surface area contributed by atoms with Gasteiger partial charge >= 0.3 is 0 Å². The number of rotatable bonds is 4. The number of aromatic nitrogens is 3. The van der Waals surface area contributed by atoms with E-state index < -0.39 is 0 Å². The van der Waals surface area contributed by atoms with Crippen molar-refractivity contribution in [1.82, 2.24) is 15.0 Å². The highest BCUT2D eigenvalue weighted by atomic mass is 35.5. The Morgan fingerprint density at radius 2 is 2.18 bits per heavy atom. The van der Waals surface area contributed by atoms with E-state index in [4.69, 9.17) is 11.6 Å². The topological polar surface area (TPSA) is 30.7 Å². The van der Waals surface area contributed by atoms with Crippen LogP contribution >= 0.6 is 11.6 Å². The summed E-state index contributed by atoms with van der Waals surface area (Å²) in [5.41, 5.74) is 1.39. The summed E-state index contributed by atoms with van der Waals surface area (Å²) in [6, 6.07) is 4.72. The van der Waals surface area contributed by atoms with Crippen molar-refractivity contribution in [3.63, 3.8) is 0 Å². The Labute approximate surface area is 104 Å². The van der Waals surface area contributed by atoms with Crippen molar-refractivity contribution in [2.24, 2.45) is 0 Å². The quantitative estimate of drug-likeness (QED) is 0.839. The number of aryl methyl sites for hydroxylation is 2. The Morgan fingerprint density at radius 1 is 1.35 bits per heavy atom. The third-order valence-corrected chi connectivity index (χ3v) is 2.96. The predicted octanol–water partition coefficient (Wildman–Crippen LogP) is 2.88. The van der Waals surface area contributed by atoms with Gasteiger partial charge in [0.15, 0.2) is 0 Å². The molecule has 0 spiro atoms. The van der Waals surface area contributed by atoms with Gasteiger partial charge in [0.1, 0.15) is 5.82 Å². The molecular formula is C12H13ClFN3. The molecule has 0 fully saturated rings. The molecule has 2 aromatic rings. The number of nitrogens with zero attached hydrogens (tertiary/aromatic N) is 3. The van der Waals surface area contributed by atoms with Crippen LogP contribution in [0.4, 0.5) is 4.39 Å². The average molecular weight is 254 g/mol. The van der Waals surface area contributed by atoms with Crippen LogP contribution in [0.1, 0.15) is 18.2 Å². The molecule has 0 bridgehead atoms. The van der Waals surface area contributed by atoms with E-state index in [2.05, 4.69) is 10.3 Å².